The number of phosphoric acid groups is 2. The summed E-state index contributed by atoms with van der Waals surface area (Å²) in [6, 6.07) is 0. The molecule has 0 aromatic heterocycles. The quantitative estimate of drug-likeness (QED) is 0.0222. The molecule has 576 valence electrons. The third-order valence-corrected chi connectivity index (χ3v) is 20.3. The van der Waals surface area contributed by atoms with Crippen LogP contribution >= 0.6 is 15.6 Å². The first-order chi connectivity index (χ1) is 47.2. The fourth-order valence-electron chi connectivity index (χ4n) is 12.1. The Morgan fingerprint density at radius 2 is 0.412 bits per heavy atom. The van der Waals surface area contributed by atoms with Crippen molar-refractivity contribution in [1.82, 2.24) is 0 Å². The number of hydrogen-bond donors (Lipinski definition) is 3. The lowest BCUT2D eigenvalue weighted by Crippen LogP contribution is -2.30. The van der Waals surface area contributed by atoms with Crippen LogP contribution in [0.2, 0.25) is 0 Å². The molecule has 19 heteroatoms. The zero-order valence-electron chi connectivity index (χ0n) is 63.1. The van der Waals surface area contributed by atoms with Gasteiger partial charge < -0.3 is 33.8 Å². The maximum Gasteiger partial charge on any atom is 0.472 e. The number of hydrogen-bond acceptors (Lipinski definition) is 15. The molecule has 0 aliphatic heterocycles. The molecule has 0 heterocycles. The standard InChI is InChI=1S/C78H152O17P2/c1-5-9-13-17-21-25-28-31-33-34-35-36-37-38-39-41-43-46-49-53-57-61-65-78(83)95-74(69-89-76(81)63-59-55-51-47-45-42-40-32-29-26-22-18-14-10-6-2)71-93-97(86,87)91-67-72(79)66-90-96(84,85)92-70-73(68-88-75(80)62-58-54-50-24-20-16-12-8-4)94-77(82)64-60-56-52-48-44-30-27-23-19-15-11-7-3/h72-74,79H,5-71H2,1-4H3,(H,84,85)(H,86,87)/t72-,73+,74+/m0/s1. The minimum absolute atomic E-state index is 0.108. The highest BCUT2D eigenvalue weighted by molar-refractivity contribution is 7.47. The van der Waals surface area contributed by atoms with E-state index in [9.17, 15) is 43.2 Å². The molecule has 0 fully saturated rings. The molecule has 0 spiro atoms. The number of aliphatic hydroxyl groups is 1. The first-order valence-electron chi connectivity index (χ1n) is 40.8. The van der Waals surface area contributed by atoms with Crippen LogP contribution in [0.1, 0.15) is 419 Å². The predicted octanol–water partition coefficient (Wildman–Crippen LogP) is 23.4. The van der Waals surface area contributed by atoms with Crippen LogP contribution in [0.5, 0.6) is 0 Å². The van der Waals surface area contributed by atoms with Gasteiger partial charge >= 0.3 is 39.5 Å². The van der Waals surface area contributed by atoms with E-state index in [4.69, 9.17) is 37.0 Å². The van der Waals surface area contributed by atoms with Crippen LogP contribution in [0.4, 0.5) is 0 Å². The lowest BCUT2D eigenvalue weighted by Gasteiger charge is -2.21. The van der Waals surface area contributed by atoms with Gasteiger partial charge in [0.25, 0.3) is 0 Å². The lowest BCUT2D eigenvalue weighted by atomic mass is 10.0. The smallest absolute Gasteiger partial charge is 0.462 e. The van der Waals surface area contributed by atoms with Gasteiger partial charge in [-0.1, -0.05) is 368 Å². The van der Waals surface area contributed by atoms with E-state index >= 15 is 0 Å². The summed E-state index contributed by atoms with van der Waals surface area (Å²) < 4.78 is 68.5. The van der Waals surface area contributed by atoms with E-state index in [1.165, 1.54) is 250 Å². The van der Waals surface area contributed by atoms with Gasteiger partial charge in [0.05, 0.1) is 26.4 Å². The Labute approximate surface area is 594 Å². The summed E-state index contributed by atoms with van der Waals surface area (Å²) in [5, 5.41) is 10.6. The van der Waals surface area contributed by atoms with Crippen molar-refractivity contribution >= 4 is 39.5 Å². The molecule has 5 atom stereocenters. The summed E-state index contributed by atoms with van der Waals surface area (Å²) in [5.74, 6) is -2.11. The van der Waals surface area contributed by atoms with Crippen molar-refractivity contribution in [3.05, 3.63) is 0 Å². The van der Waals surface area contributed by atoms with Crippen molar-refractivity contribution in [3.63, 3.8) is 0 Å². The molecule has 0 amide bonds. The maximum absolute atomic E-state index is 13.1. The Kier molecular flexibility index (Phi) is 71.0. The van der Waals surface area contributed by atoms with Crippen molar-refractivity contribution in [1.29, 1.82) is 0 Å². The van der Waals surface area contributed by atoms with Crippen LogP contribution in [0.15, 0.2) is 0 Å². The van der Waals surface area contributed by atoms with Crippen molar-refractivity contribution in [2.75, 3.05) is 39.6 Å². The van der Waals surface area contributed by atoms with Gasteiger partial charge in [0.2, 0.25) is 0 Å². The molecule has 0 radical (unpaired) electrons. The monoisotopic (exact) mass is 1420 g/mol. The van der Waals surface area contributed by atoms with E-state index in [-0.39, 0.29) is 25.7 Å². The van der Waals surface area contributed by atoms with Gasteiger partial charge in [-0.2, -0.15) is 0 Å². The molecule has 17 nitrogen and oxygen atoms in total. The first kappa shape index (κ1) is 95.1. The molecule has 0 aromatic carbocycles. The zero-order valence-corrected chi connectivity index (χ0v) is 64.8. The normalized spacial score (nSPS) is 13.8. The van der Waals surface area contributed by atoms with Gasteiger partial charge in [0, 0.05) is 25.7 Å². The van der Waals surface area contributed by atoms with Gasteiger partial charge in [-0.25, -0.2) is 9.13 Å². The van der Waals surface area contributed by atoms with E-state index < -0.39 is 97.5 Å². The Balaban J connectivity index is 5.16. The van der Waals surface area contributed by atoms with Gasteiger partial charge in [0.1, 0.15) is 19.3 Å². The van der Waals surface area contributed by atoms with E-state index in [2.05, 4.69) is 27.7 Å². The molecule has 97 heavy (non-hydrogen) atoms. The van der Waals surface area contributed by atoms with Crippen LogP contribution in [-0.4, -0.2) is 96.7 Å². The lowest BCUT2D eigenvalue weighted by molar-refractivity contribution is -0.161. The Bertz CT molecular complexity index is 1840. The molecular formula is C78H152O17P2. The molecule has 0 aliphatic carbocycles. The van der Waals surface area contributed by atoms with Crippen LogP contribution in [0, 0.1) is 0 Å². The summed E-state index contributed by atoms with van der Waals surface area (Å²) in [7, 11) is -9.91. The molecule has 0 saturated carbocycles. The number of esters is 4. The highest BCUT2D eigenvalue weighted by Crippen LogP contribution is 2.45. The second-order valence-electron chi connectivity index (χ2n) is 28.1. The predicted molar refractivity (Wildman–Crippen MR) is 395 cm³/mol. The van der Waals surface area contributed by atoms with Crippen molar-refractivity contribution < 1.29 is 80.2 Å². The largest absolute Gasteiger partial charge is 0.472 e. The minimum Gasteiger partial charge on any atom is -0.462 e. The summed E-state index contributed by atoms with van der Waals surface area (Å²) >= 11 is 0. The molecule has 0 bridgehead atoms. The van der Waals surface area contributed by atoms with Crippen molar-refractivity contribution in [2.24, 2.45) is 0 Å². The summed E-state index contributed by atoms with van der Waals surface area (Å²) in [6.45, 7) is 4.97. The van der Waals surface area contributed by atoms with Crippen LogP contribution in [0.3, 0.4) is 0 Å². The number of aliphatic hydroxyl groups excluding tert-OH is 1. The molecule has 0 rings (SSSR count). The van der Waals surface area contributed by atoms with E-state index in [1.54, 1.807) is 0 Å². The zero-order chi connectivity index (χ0) is 71.1. The topological polar surface area (TPSA) is 237 Å². The minimum atomic E-state index is -4.96. The molecule has 3 N–H and O–H groups in total. The van der Waals surface area contributed by atoms with E-state index in [0.29, 0.717) is 25.7 Å². The number of carbonyl (C=O) groups is 4. The molecular weight excluding hydrogens is 1270 g/mol. The summed E-state index contributed by atoms with van der Waals surface area (Å²) in [4.78, 5) is 72.8. The van der Waals surface area contributed by atoms with Gasteiger partial charge in [-0.05, 0) is 25.7 Å². The van der Waals surface area contributed by atoms with E-state index in [0.717, 1.165) is 89.9 Å². The Morgan fingerprint density at radius 1 is 0.247 bits per heavy atom. The molecule has 0 aromatic rings. The molecule has 0 saturated heterocycles. The maximum atomic E-state index is 13.1. The Morgan fingerprint density at radius 3 is 0.608 bits per heavy atom. The second-order valence-corrected chi connectivity index (χ2v) is 31.0. The highest BCUT2D eigenvalue weighted by Gasteiger charge is 2.30. The van der Waals surface area contributed by atoms with E-state index in [1.807, 2.05) is 0 Å². The van der Waals surface area contributed by atoms with Crippen LogP contribution in [0.25, 0.3) is 0 Å². The number of ether oxygens (including phenoxy) is 4. The Hall–Kier alpha value is -1.94. The second kappa shape index (κ2) is 72.4. The summed E-state index contributed by atoms with van der Waals surface area (Å²) in [6.07, 6.45) is 64.0. The van der Waals surface area contributed by atoms with Crippen molar-refractivity contribution in [3.8, 4) is 0 Å². The number of unbranched alkanes of at least 4 members (excludes halogenated alkanes) is 53. The fraction of sp³-hybridized carbons (Fsp3) is 0.949. The molecule has 0 aliphatic rings. The highest BCUT2D eigenvalue weighted by atomic mass is 31.2. The first-order valence-corrected chi connectivity index (χ1v) is 43.8. The SMILES string of the molecule is CCCCCCCCCCCCCCCCCCCCCCCCC(=O)O[C@H](COC(=O)CCCCCCCCCCCCCCCCC)COP(=O)(O)OC[C@@H](O)COP(=O)(O)OC[C@@H](COC(=O)CCCCCCCCCC)OC(=O)CCCCCCCCCCCCCC. The summed E-state index contributed by atoms with van der Waals surface area (Å²) in [5.41, 5.74) is 0. The van der Waals surface area contributed by atoms with Gasteiger partial charge in [0.15, 0.2) is 12.2 Å². The van der Waals surface area contributed by atoms with Crippen molar-refractivity contribution in [2.45, 2.75) is 438 Å². The van der Waals surface area contributed by atoms with Crippen LogP contribution in [-0.2, 0) is 65.4 Å². The van der Waals surface area contributed by atoms with Gasteiger partial charge in [-0.3, -0.25) is 37.3 Å². The third-order valence-electron chi connectivity index (χ3n) is 18.4. The van der Waals surface area contributed by atoms with Crippen LogP contribution < -0.4 is 0 Å². The molecule has 2 unspecified atom stereocenters. The third kappa shape index (κ3) is 72.2. The fourth-order valence-corrected chi connectivity index (χ4v) is 13.7. The number of carbonyl (C=O) groups excluding carboxylic acids is 4. The number of rotatable bonds is 79. The average Bonchev–Trinajstić information content (AvgIpc) is 0.987. The number of phosphoric ester groups is 2. The average molecular weight is 1420 g/mol. The van der Waals surface area contributed by atoms with Gasteiger partial charge in [-0.15, -0.1) is 0 Å².